The summed E-state index contributed by atoms with van der Waals surface area (Å²) in [5.41, 5.74) is 1.84. The first kappa shape index (κ1) is 20.9. The van der Waals surface area contributed by atoms with Crippen molar-refractivity contribution in [2.75, 3.05) is 18.7 Å². The highest BCUT2D eigenvalue weighted by molar-refractivity contribution is 7.98. The molecule has 2 heterocycles. The highest BCUT2D eigenvalue weighted by Gasteiger charge is 2.16. The molecule has 29 heavy (non-hydrogen) atoms. The lowest BCUT2D eigenvalue weighted by Crippen LogP contribution is -2.28. The molecule has 3 rings (SSSR count). The Kier molecular flexibility index (Phi) is 6.90. The third-order valence-electron chi connectivity index (χ3n) is 4.02. The van der Waals surface area contributed by atoms with E-state index in [0.717, 1.165) is 5.69 Å². The van der Waals surface area contributed by atoms with E-state index in [0.29, 0.717) is 33.1 Å². The Morgan fingerprint density at radius 1 is 1.17 bits per heavy atom. The maximum Gasteiger partial charge on any atom is 0.270 e. The molecule has 0 fully saturated rings. The molecule has 0 aliphatic rings. The van der Waals surface area contributed by atoms with Gasteiger partial charge in [0.05, 0.1) is 25.0 Å². The van der Waals surface area contributed by atoms with Crippen LogP contribution in [0, 0.1) is 0 Å². The van der Waals surface area contributed by atoms with E-state index in [9.17, 15) is 4.79 Å². The second-order valence-electron chi connectivity index (χ2n) is 6.08. The van der Waals surface area contributed by atoms with Crippen molar-refractivity contribution in [1.29, 1.82) is 0 Å². The standard InChI is InChI=1S/C20H20ClN5O2S/c1-12(23-19(27)16-9-8-15(28-2)11-22-16)17-10-18(26-20(25-17)29-3)24-14-6-4-13(21)5-7-14/h4-12H,1-3H3,(H,23,27)(H,24,25,26)/t12-/m0/s1. The first-order valence-corrected chi connectivity index (χ1v) is 10.3. The van der Waals surface area contributed by atoms with Gasteiger partial charge in [-0.25, -0.2) is 15.0 Å². The number of pyridine rings is 1. The SMILES string of the molecule is COc1ccc(C(=O)N[C@@H](C)c2cc(Nc3ccc(Cl)cc3)nc(SC)n2)nc1. The van der Waals surface area contributed by atoms with Crippen LogP contribution in [0.4, 0.5) is 11.5 Å². The Morgan fingerprint density at radius 2 is 1.93 bits per heavy atom. The monoisotopic (exact) mass is 429 g/mol. The van der Waals surface area contributed by atoms with Crippen LogP contribution in [0.1, 0.15) is 29.1 Å². The molecule has 150 valence electrons. The van der Waals surface area contributed by atoms with Crippen LogP contribution in [-0.4, -0.2) is 34.2 Å². The molecule has 3 aromatic rings. The Hall–Kier alpha value is -2.84. The zero-order valence-corrected chi connectivity index (χ0v) is 17.7. The number of anilines is 2. The van der Waals surface area contributed by atoms with Crippen LogP contribution in [0.3, 0.4) is 0 Å². The van der Waals surface area contributed by atoms with Crippen LogP contribution in [0.5, 0.6) is 5.75 Å². The van der Waals surface area contributed by atoms with E-state index in [-0.39, 0.29) is 11.9 Å². The molecule has 1 aromatic carbocycles. The number of carbonyl (C=O) groups excluding carboxylic acids is 1. The summed E-state index contributed by atoms with van der Waals surface area (Å²) in [5, 5.41) is 7.41. The average Bonchev–Trinajstić information content (AvgIpc) is 2.75. The second kappa shape index (κ2) is 9.58. The van der Waals surface area contributed by atoms with Crippen LogP contribution in [0.25, 0.3) is 0 Å². The fourth-order valence-corrected chi connectivity index (χ4v) is 2.99. The van der Waals surface area contributed by atoms with Crippen molar-refractivity contribution in [3.05, 3.63) is 65.1 Å². The van der Waals surface area contributed by atoms with Gasteiger partial charge in [-0.15, -0.1) is 0 Å². The van der Waals surface area contributed by atoms with E-state index in [1.807, 2.05) is 25.3 Å². The van der Waals surface area contributed by atoms with E-state index in [2.05, 4.69) is 25.6 Å². The Morgan fingerprint density at radius 3 is 2.55 bits per heavy atom. The molecule has 0 aliphatic carbocycles. The van der Waals surface area contributed by atoms with E-state index >= 15 is 0 Å². The maximum atomic E-state index is 12.5. The number of nitrogens with zero attached hydrogens (tertiary/aromatic N) is 3. The molecule has 0 spiro atoms. The van der Waals surface area contributed by atoms with E-state index in [1.54, 1.807) is 37.4 Å². The molecular weight excluding hydrogens is 410 g/mol. The van der Waals surface area contributed by atoms with E-state index in [1.165, 1.54) is 18.0 Å². The molecule has 0 saturated heterocycles. The summed E-state index contributed by atoms with van der Waals surface area (Å²) in [7, 11) is 1.55. The third kappa shape index (κ3) is 5.58. The second-order valence-corrected chi connectivity index (χ2v) is 7.28. The number of halogens is 1. The smallest absolute Gasteiger partial charge is 0.270 e. The molecule has 2 aromatic heterocycles. The number of aromatic nitrogens is 3. The molecule has 0 aliphatic heterocycles. The summed E-state index contributed by atoms with van der Waals surface area (Å²) in [5.74, 6) is 0.926. The predicted octanol–water partition coefficient (Wildman–Crippen LogP) is 4.49. The summed E-state index contributed by atoms with van der Waals surface area (Å²) in [4.78, 5) is 25.6. The third-order valence-corrected chi connectivity index (χ3v) is 4.82. The summed E-state index contributed by atoms with van der Waals surface area (Å²) in [6, 6.07) is 12.1. The molecule has 0 bridgehead atoms. The zero-order valence-electron chi connectivity index (χ0n) is 16.1. The van der Waals surface area contributed by atoms with E-state index in [4.69, 9.17) is 16.3 Å². The summed E-state index contributed by atoms with van der Waals surface area (Å²) < 4.78 is 5.07. The molecule has 1 atom stereocenters. The summed E-state index contributed by atoms with van der Waals surface area (Å²) >= 11 is 7.36. The highest BCUT2D eigenvalue weighted by Crippen LogP contribution is 2.23. The van der Waals surface area contributed by atoms with Crippen LogP contribution >= 0.6 is 23.4 Å². The fourth-order valence-electron chi connectivity index (χ4n) is 2.48. The highest BCUT2D eigenvalue weighted by atomic mass is 35.5. The number of nitrogens with one attached hydrogen (secondary N) is 2. The molecule has 7 nitrogen and oxygen atoms in total. The Balaban J connectivity index is 1.77. The van der Waals surface area contributed by atoms with Crippen molar-refractivity contribution in [2.45, 2.75) is 18.1 Å². The lowest BCUT2D eigenvalue weighted by Gasteiger charge is -2.15. The normalized spacial score (nSPS) is 11.6. The average molecular weight is 430 g/mol. The topological polar surface area (TPSA) is 89.0 Å². The van der Waals surface area contributed by atoms with Crippen molar-refractivity contribution in [3.8, 4) is 5.75 Å². The van der Waals surface area contributed by atoms with Gasteiger partial charge in [0.1, 0.15) is 17.3 Å². The molecule has 0 radical (unpaired) electrons. The van der Waals surface area contributed by atoms with Gasteiger partial charge in [-0.2, -0.15) is 0 Å². The number of rotatable bonds is 7. The number of hydrogen-bond acceptors (Lipinski definition) is 7. The van der Waals surface area contributed by atoms with Crippen molar-refractivity contribution in [2.24, 2.45) is 0 Å². The summed E-state index contributed by atoms with van der Waals surface area (Å²) in [6.45, 7) is 1.86. The molecule has 2 N–H and O–H groups in total. The summed E-state index contributed by atoms with van der Waals surface area (Å²) in [6.07, 6.45) is 3.40. The van der Waals surface area contributed by atoms with Crippen LogP contribution in [-0.2, 0) is 0 Å². The number of hydrogen-bond donors (Lipinski definition) is 2. The number of benzene rings is 1. The van der Waals surface area contributed by atoms with Gasteiger partial charge in [-0.3, -0.25) is 4.79 Å². The molecule has 1 amide bonds. The molecule has 0 unspecified atom stereocenters. The largest absolute Gasteiger partial charge is 0.495 e. The van der Waals surface area contributed by atoms with Gasteiger partial charge in [0, 0.05) is 16.8 Å². The van der Waals surface area contributed by atoms with Gasteiger partial charge in [-0.1, -0.05) is 23.4 Å². The Bertz CT molecular complexity index is 983. The number of carbonyl (C=O) groups is 1. The lowest BCUT2D eigenvalue weighted by molar-refractivity contribution is 0.0934. The number of thioether (sulfide) groups is 1. The van der Waals surface area contributed by atoms with Gasteiger partial charge >= 0.3 is 0 Å². The predicted molar refractivity (Wildman–Crippen MR) is 115 cm³/mol. The maximum absolute atomic E-state index is 12.5. The first-order chi connectivity index (χ1) is 14.0. The minimum atomic E-state index is -0.342. The van der Waals surface area contributed by atoms with Crippen molar-refractivity contribution >= 4 is 40.8 Å². The molecule has 9 heteroatoms. The van der Waals surface area contributed by atoms with Crippen molar-refractivity contribution < 1.29 is 9.53 Å². The molecule has 0 saturated carbocycles. The van der Waals surface area contributed by atoms with Gasteiger partial charge in [0.2, 0.25) is 0 Å². The zero-order chi connectivity index (χ0) is 20.8. The van der Waals surface area contributed by atoms with E-state index < -0.39 is 0 Å². The van der Waals surface area contributed by atoms with Gasteiger partial charge in [0.15, 0.2) is 5.16 Å². The minimum absolute atomic E-state index is 0.295. The number of ether oxygens (including phenoxy) is 1. The van der Waals surface area contributed by atoms with Gasteiger partial charge in [-0.05, 0) is 49.6 Å². The van der Waals surface area contributed by atoms with Crippen molar-refractivity contribution in [1.82, 2.24) is 20.3 Å². The first-order valence-electron chi connectivity index (χ1n) is 8.75. The Labute approximate surface area is 178 Å². The van der Waals surface area contributed by atoms with Gasteiger partial charge in [0.25, 0.3) is 5.91 Å². The van der Waals surface area contributed by atoms with Crippen molar-refractivity contribution in [3.63, 3.8) is 0 Å². The lowest BCUT2D eigenvalue weighted by atomic mass is 10.2. The number of amides is 1. The van der Waals surface area contributed by atoms with Crippen LogP contribution in [0.15, 0.2) is 53.8 Å². The minimum Gasteiger partial charge on any atom is -0.495 e. The number of methoxy groups -OCH3 is 1. The van der Waals surface area contributed by atoms with Crippen LogP contribution < -0.4 is 15.4 Å². The fraction of sp³-hybridized carbons (Fsp3) is 0.200. The van der Waals surface area contributed by atoms with Crippen LogP contribution in [0.2, 0.25) is 5.02 Å². The molecular formula is C20H20ClN5O2S. The van der Waals surface area contributed by atoms with Gasteiger partial charge < -0.3 is 15.4 Å². The quantitative estimate of drug-likeness (QED) is 0.422.